The van der Waals surface area contributed by atoms with Crippen molar-refractivity contribution < 1.29 is 24.2 Å². The highest BCUT2D eigenvalue weighted by Crippen LogP contribution is 2.32. The second-order valence-corrected chi connectivity index (χ2v) is 7.39. The second-order valence-electron chi connectivity index (χ2n) is 6.77. The van der Waals surface area contributed by atoms with Crippen LogP contribution in [0.15, 0.2) is 54.6 Å². The molecule has 3 rings (SSSR count). The largest absolute Gasteiger partial charge is 0.489 e. The van der Waals surface area contributed by atoms with Crippen LogP contribution in [0, 0.1) is 0 Å². The summed E-state index contributed by atoms with van der Waals surface area (Å²) in [7, 11) is 0. The van der Waals surface area contributed by atoms with Gasteiger partial charge in [-0.3, -0.25) is 14.5 Å². The average Bonchev–Trinajstić information content (AvgIpc) is 2.85. The summed E-state index contributed by atoms with van der Waals surface area (Å²) in [5.41, 5.74) is 1.30. The van der Waals surface area contributed by atoms with Crippen molar-refractivity contribution in [1.29, 1.82) is 0 Å². The van der Waals surface area contributed by atoms with E-state index in [1.165, 1.54) is 6.92 Å². The van der Waals surface area contributed by atoms with Gasteiger partial charge in [-0.1, -0.05) is 42.5 Å². The Morgan fingerprint density at radius 2 is 1.86 bits per heavy atom. The van der Waals surface area contributed by atoms with E-state index < -0.39 is 35.1 Å². The summed E-state index contributed by atoms with van der Waals surface area (Å²) in [5.74, 6) is -1.74. The third-order valence-corrected chi connectivity index (χ3v) is 5.12. The number of para-hydroxylation sites is 2. The van der Waals surface area contributed by atoms with Gasteiger partial charge in [-0.15, -0.1) is 0 Å². The summed E-state index contributed by atoms with van der Waals surface area (Å²) < 4.78 is 5.70. The molecule has 2 aromatic carbocycles. The first-order valence-corrected chi connectivity index (χ1v) is 9.70. The molecule has 0 saturated carbocycles. The smallest absolute Gasteiger partial charge is 0.326 e. The second kappa shape index (κ2) is 9.00. The van der Waals surface area contributed by atoms with Crippen molar-refractivity contribution in [2.75, 3.05) is 11.5 Å². The maximum absolute atomic E-state index is 13.1. The molecule has 3 atom stereocenters. The average molecular weight is 414 g/mol. The van der Waals surface area contributed by atoms with E-state index >= 15 is 0 Å². The highest BCUT2D eigenvalue weighted by molar-refractivity contribution is 7.81. The lowest BCUT2D eigenvalue weighted by molar-refractivity contribution is -0.140. The summed E-state index contributed by atoms with van der Waals surface area (Å²) >= 11 is 4.37. The van der Waals surface area contributed by atoms with Crippen molar-refractivity contribution in [3.05, 3.63) is 60.2 Å². The number of aliphatic carboxylic acids is 1. The van der Waals surface area contributed by atoms with E-state index in [4.69, 9.17) is 4.74 Å². The molecule has 29 heavy (non-hydrogen) atoms. The number of hydrogen-bond donors (Lipinski definition) is 3. The van der Waals surface area contributed by atoms with Gasteiger partial charge in [-0.05, 0) is 31.0 Å². The van der Waals surface area contributed by atoms with Gasteiger partial charge in [-0.2, -0.15) is 12.6 Å². The number of ether oxygens (including phenoxy) is 1. The van der Waals surface area contributed by atoms with Crippen LogP contribution < -0.4 is 15.0 Å². The van der Waals surface area contributed by atoms with Crippen LogP contribution in [-0.2, 0) is 20.8 Å². The van der Waals surface area contributed by atoms with Gasteiger partial charge in [0, 0.05) is 0 Å². The first-order chi connectivity index (χ1) is 13.9. The Labute approximate surface area is 174 Å². The third kappa shape index (κ3) is 4.71. The van der Waals surface area contributed by atoms with E-state index in [1.54, 1.807) is 24.3 Å². The van der Waals surface area contributed by atoms with Crippen molar-refractivity contribution in [3.8, 4) is 5.75 Å². The molecule has 0 fully saturated rings. The number of anilines is 1. The van der Waals surface area contributed by atoms with Gasteiger partial charge in [0.1, 0.15) is 24.4 Å². The zero-order valence-electron chi connectivity index (χ0n) is 15.8. The maximum atomic E-state index is 13.1. The van der Waals surface area contributed by atoms with Crippen molar-refractivity contribution in [3.63, 3.8) is 0 Å². The van der Waals surface area contributed by atoms with E-state index in [2.05, 4.69) is 17.9 Å². The Bertz CT molecular complexity index is 905. The van der Waals surface area contributed by atoms with Gasteiger partial charge < -0.3 is 15.2 Å². The summed E-state index contributed by atoms with van der Waals surface area (Å²) in [4.78, 5) is 38.5. The number of carbonyl (C=O) groups excluding carboxylic acids is 2. The first kappa shape index (κ1) is 20.7. The van der Waals surface area contributed by atoms with Crippen LogP contribution in [0.2, 0.25) is 0 Å². The Balaban J connectivity index is 1.78. The maximum Gasteiger partial charge on any atom is 0.326 e. The molecule has 0 aliphatic carbocycles. The molecule has 1 aliphatic heterocycles. The minimum atomic E-state index is -1.16. The summed E-state index contributed by atoms with van der Waals surface area (Å²) in [6.45, 7) is 1.31. The number of nitrogens with zero attached hydrogens (tertiary/aromatic N) is 1. The molecule has 1 aliphatic rings. The lowest BCUT2D eigenvalue weighted by Crippen LogP contribution is -2.55. The normalized spacial score (nSPS) is 18.1. The van der Waals surface area contributed by atoms with Crippen molar-refractivity contribution in [2.45, 2.75) is 30.7 Å². The molecule has 3 unspecified atom stereocenters. The quantitative estimate of drug-likeness (QED) is 0.628. The van der Waals surface area contributed by atoms with Gasteiger partial charge in [-0.25, -0.2) is 4.79 Å². The van der Waals surface area contributed by atoms with E-state index in [1.807, 2.05) is 30.3 Å². The molecular formula is C21H22N2O5S. The molecule has 8 heteroatoms. The lowest BCUT2D eigenvalue weighted by Gasteiger charge is -2.28. The Hall–Kier alpha value is -3.00. The molecule has 0 aromatic heterocycles. The number of rotatable bonds is 6. The number of amides is 2. The molecule has 7 nitrogen and oxygen atoms in total. The molecule has 0 radical (unpaired) electrons. The molecule has 2 N–H and O–H groups in total. The Morgan fingerprint density at radius 1 is 1.21 bits per heavy atom. The fourth-order valence-electron chi connectivity index (χ4n) is 3.12. The molecule has 1 heterocycles. The van der Waals surface area contributed by atoms with Crippen LogP contribution in [0.25, 0.3) is 0 Å². The van der Waals surface area contributed by atoms with Crippen LogP contribution in [0.5, 0.6) is 5.75 Å². The number of nitrogens with one attached hydrogen (secondary N) is 1. The number of benzene rings is 2. The number of carbonyl (C=O) groups is 3. The molecule has 152 valence electrons. The number of carboxylic acid groups (broad SMARTS) is 1. The van der Waals surface area contributed by atoms with E-state index in [0.29, 0.717) is 17.9 Å². The molecule has 2 amide bonds. The number of carboxylic acids is 1. The first-order valence-electron chi connectivity index (χ1n) is 9.18. The monoisotopic (exact) mass is 414 g/mol. The van der Waals surface area contributed by atoms with Crippen LogP contribution in [0.4, 0.5) is 5.69 Å². The van der Waals surface area contributed by atoms with Crippen molar-refractivity contribution in [1.82, 2.24) is 5.32 Å². The highest BCUT2D eigenvalue weighted by Gasteiger charge is 2.38. The fourth-order valence-corrected chi connectivity index (χ4v) is 3.41. The van der Waals surface area contributed by atoms with E-state index in [9.17, 15) is 19.5 Å². The molecule has 0 bridgehead atoms. The summed E-state index contributed by atoms with van der Waals surface area (Å²) in [6.07, 6.45) is 0.396. The zero-order valence-corrected chi connectivity index (χ0v) is 16.7. The van der Waals surface area contributed by atoms with E-state index in [-0.39, 0.29) is 6.61 Å². The van der Waals surface area contributed by atoms with Gasteiger partial charge in [0.25, 0.3) is 5.91 Å². The summed E-state index contributed by atoms with van der Waals surface area (Å²) in [6, 6.07) is 14.0. The SMILES string of the molecule is CC(C(=O)O)N1C(=O)C(NC(=O)C(S)Cc2ccccc2)COc2ccccc21. The van der Waals surface area contributed by atoms with Crippen LogP contribution in [0.1, 0.15) is 12.5 Å². The molecular weight excluding hydrogens is 392 g/mol. The Kier molecular flexibility index (Phi) is 6.43. The predicted molar refractivity (Wildman–Crippen MR) is 111 cm³/mol. The standard InChI is InChI=1S/C21H22N2O5S/c1-13(21(26)27)23-16-9-5-6-10-17(16)28-12-15(20(23)25)22-19(24)18(29)11-14-7-3-2-4-8-14/h2-10,13,15,18,29H,11-12H2,1H3,(H,22,24)(H,26,27). The minimum Gasteiger partial charge on any atom is -0.489 e. The van der Waals surface area contributed by atoms with Crippen molar-refractivity contribution in [2.24, 2.45) is 0 Å². The minimum absolute atomic E-state index is 0.101. The Morgan fingerprint density at radius 3 is 2.55 bits per heavy atom. The van der Waals surface area contributed by atoms with Gasteiger partial charge in [0.05, 0.1) is 10.9 Å². The van der Waals surface area contributed by atoms with Gasteiger partial charge in [0.15, 0.2) is 0 Å². The van der Waals surface area contributed by atoms with E-state index in [0.717, 1.165) is 10.5 Å². The van der Waals surface area contributed by atoms with Crippen LogP contribution >= 0.6 is 12.6 Å². The van der Waals surface area contributed by atoms with Crippen molar-refractivity contribution >= 4 is 36.1 Å². The zero-order chi connectivity index (χ0) is 21.0. The fraction of sp³-hybridized carbons (Fsp3) is 0.286. The molecule has 0 spiro atoms. The topological polar surface area (TPSA) is 95.9 Å². The predicted octanol–water partition coefficient (Wildman–Crippen LogP) is 1.91. The molecule has 2 aromatic rings. The summed E-state index contributed by atoms with van der Waals surface area (Å²) in [5, 5.41) is 11.5. The number of hydrogen-bond acceptors (Lipinski definition) is 5. The highest BCUT2D eigenvalue weighted by atomic mass is 32.1. The van der Waals surface area contributed by atoms with Gasteiger partial charge in [0.2, 0.25) is 5.91 Å². The third-order valence-electron chi connectivity index (χ3n) is 4.70. The number of fused-ring (bicyclic) bond motifs is 1. The van der Waals surface area contributed by atoms with Gasteiger partial charge >= 0.3 is 5.97 Å². The molecule has 0 saturated heterocycles. The van der Waals surface area contributed by atoms with Crippen LogP contribution in [0.3, 0.4) is 0 Å². The van der Waals surface area contributed by atoms with Crippen LogP contribution in [-0.4, -0.2) is 46.8 Å². The number of thiol groups is 1. The lowest BCUT2D eigenvalue weighted by atomic mass is 10.1.